The molecule has 0 aliphatic carbocycles. The number of benzene rings is 1. The van der Waals surface area contributed by atoms with Gasteiger partial charge in [-0.1, -0.05) is 15.9 Å². The molecular formula is C9H12BrNO2. The summed E-state index contributed by atoms with van der Waals surface area (Å²) in [6.45, 7) is 1.94. The quantitative estimate of drug-likeness (QED) is 0.739. The third kappa shape index (κ3) is 2.21. The summed E-state index contributed by atoms with van der Waals surface area (Å²) < 4.78 is 0.773. The molecule has 1 unspecified atom stereocenters. The second-order valence-electron chi connectivity index (χ2n) is 2.90. The van der Waals surface area contributed by atoms with Crippen LogP contribution in [0.3, 0.4) is 0 Å². The molecule has 0 aromatic heterocycles. The molecule has 0 aliphatic rings. The SMILES string of the molecule is Cc1c(O)cc(C(O)CN)cc1Br. The number of halogens is 1. The Morgan fingerprint density at radius 2 is 2.15 bits per heavy atom. The Balaban J connectivity index is 3.13. The molecule has 0 aliphatic heterocycles. The zero-order valence-electron chi connectivity index (χ0n) is 7.29. The van der Waals surface area contributed by atoms with Gasteiger partial charge in [-0.15, -0.1) is 0 Å². The lowest BCUT2D eigenvalue weighted by molar-refractivity contribution is 0.186. The van der Waals surface area contributed by atoms with E-state index in [1.165, 1.54) is 6.07 Å². The molecule has 1 aromatic carbocycles. The third-order valence-corrected chi connectivity index (χ3v) is 2.77. The van der Waals surface area contributed by atoms with Crippen LogP contribution >= 0.6 is 15.9 Å². The largest absolute Gasteiger partial charge is 0.508 e. The number of rotatable bonds is 2. The van der Waals surface area contributed by atoms with Crippen molar-refractivity contribution < 1.29 is 10.2 Å². The Hall–Kier alpha value is -0.580. The predicted molar refractivity (Wildman–Crippen MR) is 54.6 cm³/mol. The number of aliphatic hydroxyl groups is 1. The van der Waals surface area contributed by atoms with Crippen molar-refractivity contribution >= 4 is 15.9 Å². The van der Waals surface area contributed by atoms with Crippen molar-refractivity contribution in [1.29, 1.82) is 0 Å². The molecule has 0 saturated carbocycles. The fraction of sp³-hybridized carbons (Fsp3) is 0.333. The second kappa shape index (κ2) is 4.09. The van der Waals surface area contributed by atoms with Crippen LogP contribution in [0.2, 0.25) is 0 Å². The van der Waals surface area contributed by atoms with E-state index in [2.05, 4.69) is 15.9 Å². The van der Waals surface area contributed by atoms with Gasteiger partial charge in [-0.25, -0.2) is 0 Å². The average Bonchev–Trinajstić information content (AvgIpc) is 2.12. The highest BCUT2D eigenvalue weighted by Crippen LogP contribution is 2.29. The van der Waals surface area contributed by atoms with Crippen molar-refractivity contribution in [2.75, 3.05) is 6.54 Å². The molecule has 72 valence electrons. The Labute approximate surface area is 85.3 Å². The van der Waals surface area contributed by atoms with Gasteiger partial charge in [0.05, 0.1) is 6.10 Å². The van der Waals surface area contributed by atoms with Crippen LogP contribution in [-0.2, 0) is 0 Å². The molecule has 0 bridgehead atoms. The molecule has 0 spiro atoms. The molecule has 1 rings (SSSR count). The number of aromatic hydroxyl groups is 1. The van der Waals surface area contributed by atoms with Gasteiger partial charge in [0.15, 0.2) is 0 Å². The number of phenolic OH excluding ortho intramolecular Hbond substituents is 1. The van der Waals surface area contributed by atoms with Crippen LogP contribution in [-0.4, -0.2) is 16.8 Å². The van der Waals surface area contributed by atoms with Gasteiger partial charge in [0.2, 0.25) is 0 Å². The first kappa shape index (κ1) is 10.5. The lowest BCUT2D eigenvalue weighted by atomic mass is 10.1. The smallest absolute Gasteiger partial charge is 0.119 e. The Bertz CT molecular complexity index is 291. The lowest BCUT2D eigenvalue weighted by Gasteiger charge is -2.10. The van der Waals surface area contributed by atoms with Gasteiger partial charge in [0, 0.05) is 16.6 Å². The summed E-state index contributed by atoms with van der Waals surface area (Å²) in [4.78, 5) is 0. The van der Waals surface area contributed by atoms with E-state index in [4.69, 9.17) is 5.73 Å². The monoisotopic (exact) mass is 245 g/mol. The van der Waals surface area contributed by atoms with Crippen molar-refractivity contribution in [1.82, 2.24) is 0 Å². The van der Waals surface area contributed by atoms with E-state index in [-0.39, 0.29) is 12.3 Å². The summed E-state index contributed by atoms with van der Waals surface area (Å²) in [6, 6.07) is 3.28. The Kier molecular flexibility index (Phi) is 3.30. The predicted octanol–water partition coefficient (Wildman–Crippen LogP) is 1.46. The number of aliphatic hydroxyl groups excluding tert-OH is 1. The summed E-state index contributed by atoms with van der Waals surface area (Å²) in [7, 11) is 0. The van der Waals surface area contributed by atoms with E-state index in [9.17, 15) is 10.2 Å². The van der Waals surface area contributed by atoms with Crippen molar-refractivity contribution in [3.8, 4) is 5.75 Å². The van der Waals surface area contributed by atoms with Gasteiger partial charge in [-0.2, -0.15) is 0 Å². The zero-order valence-corrected chi connectivity index (χ0v) is 8.87. The summed E-state index contributed by atoms with van der Waals surface area (Å²) >= 11 is 3.28. The van der Waals surface area contributed by atoms with Crippen LogP contribution in [0.15, 0.2) is 16.6 Å². The van der Waals surface area contributed by atoms with Crippen LogP contribution in [0.25, 0.3) is 0 Å². The summed E-state index contributed by atoms with van der Waals surface area (Å²) in [6.07, 6.45) is -0.720. The maximum absolute atomic E-state index is 9.44. The van der Waals surface area contributed by atoms with Gasteiger partial charge in [-0.05, 0) is 24.6 Å². The molecule has 13 heavy (non-hydrogen) atoms. The molecule has 4 N–H and O–H groups in total. The minimum absolute atomic E-state index is 0.148. The van der Waals surface area contributed by atoms with Crippen LogP contribution in [0.4, 0.5) is 0 Å². The first-order valence-corrected chi connectivity index (χ1v) is 4.72. The van der Waals surface area contributed by atoms with Gasteiger partial charge in [0.1, 0.15) is 5.75 Å². The molecule has 0 amide bonds. The van der Waals surface area contributed by atoms with Gasteiger partial charge in [0.25, 0.3) is 0 Å². The average molecular weight is 246 g/mol. The highest BCUT2D eigenvalue weighted by atomic mass is 79.9. The molecule has 3 nitrogen and oxygen atoms in total. The van der Waals surface area contributed by atoms with E-state index >= 15 is 0 Å². The standard InChI is InChI=1S/C9H12BrNO2/c1-5-7(10)2-6(3-8(5)12)9(13)4-11/h2-3,9,12-13H,4,11H2,1H3. The molecule has 0 radical (unpaired) electrons. The molecule has 0 heterocycles. The fourth-order valence-corrected chi connectivity index (χ4v) is 1.48. The van der Waals surface area contributed by atoms with Gasteiger partial charge in [-0.3, -0.25) is 0 Å². The third-order valence-electron chi connectivity index (χ3n) is 1.95. The van der Waals surface area contributed by atoms with Crippen LogP contribution < -0.4 is 5.73 Å². The minimum atomic E-state index is -0.720. The number of hydrogen-bond acceptors (Lipinski definition) is 3. The fourth-order valence-electron chi connectivity index (χ4n) is 1.01. The van der Waals surface area contributed by atoms with Crippen molar-refractivity contribution in [3.63, 3.8) is 0 Å². The van der Waals surface area contributed by atoms with E-state index in [0.29, 0.717) is 5.56 Å². The summed E-state index contributed by atoms with van der Waals surface area (Å²) in [5, 5.41) is 18.9. The zero-order chi connectivity index (χ0) is 10.0. The van der Waals surface area contributed by atoms with E-state index < -0.39 is 6.10 Å². The van der Waals surface area contributed by atoms with E-state index in [1.54, 1.807) is 13.0 Å². The lowest BCUT2D eigenvalue weighted by Crippen LogP contribution is -2.11. The summed E-state index contributed by atoms with van der Waals surface area (Å²) in [5.41, 5.74) is 6.68. The molecule has 0 fully saturated rings. The van der Waals surface area contributed by atoms with E-state index in [0.717, 1.165) is 10.0 Å². The molecule has 1 atom stereocenters. The topological polar surface area (TPSA) is 66.5 Å². The molecule has 4 heteroatoms. The van der Waals surface area contributed by atoms with Crippen LogP contribution in [0.1, 0.15) is 17.2 Å². The van der Waals surface area contributed by atoms with Gasteiger partial charge >= 0.3 is 0 Å². The molecule has 0 saturated heterocycles. The number of hydrogen-bond donors (Lipinski definition) is 3. The number of phenols is 1. The normalized spacial score (nSPS) is 12.9. The Morgan fingerprint density at radius 3 is 2.62 bits per heavy atom. The first-order chi connectivity index (χ1) is 6.06. The number of nitrogens with two attached hydrogens (primary N) is 1. The van der Waals surface area contributed by atoms with Crippen molar-refractivity contribution in [2.45, 2.75) is 13.0 Å². The van der Waals surface area contributed by atoms with E-state index in [1.807, 2.05) is 0 Å². The molecule has 1 aromatic rings. The van der Waals surface area contributed by atoms with Crippen LogP contribution in [0, 0.1) is 6.92 Å². The van der Waals surface area contributed by atoms with Gasteiger partial charge < -0.3 is 15.9 Å². The first-order valence-electron chi connectivity index (χ1n) is 3.93. The van der Waals surface area contributed by atoms with Crippen LogP contribution in [0.5, 0.6) is 5.75 Å². The maximum atomic E-state index is 9.44. The van der Waals surface area contributed by atoms with Crippen molar-refractivity contribution in [2.24, 2.45) is 5.73 Å². The Morgan fingerprint density at radius 1 is 1.54 bits per heavy atom. The highest BCUT2D eigenvalue weighted by molar-refractivity contribution is 9.10. The summed E-state index contributed by atoms with van der Waals surface area (Å²) in [5.74, 6) is 0.164. The van der Waals surface area contributed by atoms with Crippen molar-refractivity contribution in [3.05, 3.63) is 27.7 Å². The minimum Gasteiger partial charge on any atom is -0.508 e. The highest BCUT2D eigenvalue weighted by Gasteiger charge is 2.09. The molecular weight excluding hydrogens is 234 g/mol. The maximum Gasteiger partial charge on any atom is 0.119 e. The second-order valence-corrected chi connectivity index (χ2v) is 3.75.